The Labute approximate surface area is 226 Å². The van der Waals surface area contributed by atoms with Crippen LogP contribution in [0.4, 0.5) is 17.6 Å². The summed E-state index contributed by atoms with van der Waals surface area (Å²) in [4.78, 5) is 14.1. The molecule has 4 aromatic rings. The van der Waals surface area contributed by atoms with Crippen LogP contribution in [0.3, 0.4) is 0 Å². The largest absolute Gasteiger partial charge is 0.417 e. The van der Waals surface area contributed by atoms with E-state index in [4.69, 9.17) is 0 Å². The number of rotatable bonds is 6. The predicted molar refractivity (Wildman–Crippen MR) is 142 cm³/mol. The van der Waals surface area contributed by atoms with Crippen LogP contribution in [0, 0.1) is 17.1 Å². The van der Waals surface area contributed by atoms with Gasteiger partial charge in [-0.3, -0.25) is 4.79 Å². The Kier molecular flexibility index (Phi) is 7.56. The van der Waals surface area contributed by atoms with E-state index >= 15 is 0 Å². The third-order valence-corrected chi connectivity index (χ3v) is 8.42. The summed E-state index contributed by atoms with van der Waals surface area (Å²) in [5.41, 5.74) is -2.44. The van der Waals surface area contributed by atoms with Crippen LogP contribution in [0.1, 0.15) is 42.0 Å². The molecular formula is C28H22F4N2O3S2. The zero-order valence-corrected chi connectivity index (χ0v) is 22.6. The first-order valence-electron chi connectivity index (χ1n) is 11.6. The third kappa shape index (κ3) is 5.82. The number of aromatic nitrogens is 1. The number of nitriles is 1. The number of hydrogen-bond donors (Lipinski definition) is 0. The zero-order valence-electron chi connectivity index (χ0n) is 21.0. The van der Waals surface area contributed by atoms with Gasteiger partial charge < -0.3 is 4.57 Å². The third-order valence-electron chi connectivity index (χ3n) is 6.17. The molecule has 0 saturated carbocycles. The summed E-state index contributed by atoms with van der Waals surface area (Å²) >= 11 is 1.05. The van der Waals surface area contributed by atoms with Gasteiger partial charge in [0.05, 0.1) is 27.6 Å². The summed E-state index contributed by atoms with van der Waals surface area (Å²) in [7, 11) is -3.55. The molecule has 5 nitrogen and oxygen atoms in total. The fourth-order valence-electron chi connectivity index (χ4n) is 4.08. The fraction of sp³-hybridized carbons (Fsp3) is 0.214. The average molecular weight is 575 g/mol. The fourth-order valence-corrected chi connectivity index (χ4v) is 5.79. The maximum Gasteiger partial charge on any atom is 0.417 e. The highest BCUT2D eigenvalue weighted by atomic mass is 32.2. The molecule has 2 heterocycles. The van der Waals surface area contributed by atoms with Gasteiger partial charge in [0.25, 0.3) is 5.56 Å². The number of benzene rings is 2. The van der Waals surface area contributed by atoms with Crippen LogP contribution in [-0.4, -0.2) is 19.2 Å². The summed E-state index contributed by atoms with van der Waals surface area (Å²) in [6.07, 6.45) is -3.89. The van der Waals surface area contributed by atoms with Crippen molar-refractivity contribution in [1.29, 1.82) is 5.26 Å². The first-order chi connectivity index (χ1) is 18.2. The summed E-state index contributed by atoms with van der Waals surface area (Å²) < 4.78 is 81.6. The SMILES string of the molecule is CC(C)c1cc(-c2ccc(-c3cc(C(F)(F)F)c(C#N)c(=O)n3Cc3ccccc3F)s2)cc(S(C)(=O)=O)c1. The molecule has 0 bridgehead atoms. The maximum absolute atomic E-state index is 14.4. The first-order valence-corrected chi connectivity index (χ1v) is 14.4. The van der Waals surface area contributed by atoms with Crippen molar-refractivity contribution in [3.8, 4) is 27.1 Å². The van der Waals surface area contributed by atoms with Crippen LogP contribution < -0.4 is 5.56 Å². The molecule has 202 valence electrons. The summed E-state index contributed by atoms with van der Waals surface area (Å²) in [6, 6.07) is 15.6. The molecule has 0 aliphatic rings. The van der Waals surface area contributed by atoms with Gasteiger partial charge in [0.1, 0.15) is 17.4 Å². The van der Waals surface area contributed by atoms with Crippen molar-refractivity contribution in [2.24, 2.45) is 0 Å². The van der Waals surface area contributed by atoms with E-state index in [9.17, 15) is 36.0 Å². The Morgan fingerprint density at radius 1 is 1.03 bits per heavy atom. The van der Waals surface area contributed by atoms with Gasteiger partial charge in [-0.25, -0.2) is 12.8 Å². The highest BCUT2D eigenvalue weighted by molar-refractivity contribution is 7.90. The van der Waals surface area contributed by atoms with E-state index in [-0.39, 0.29) is 26.9 Å². The highest BCUT2D eigenvalue weighted by Gasteiger charge is 2.37. The number of nitrogens with zero attached hydrogens (tertiary/aromatic N) is 2. The lowest BCUT2D eigenvalue weighted by molar-refractivity contribution is -0.137. The zero-order chi connectivity index (χ0) is 28.7. The smallest absolute Gasteiger partial charge is 0.302 e. The molecule has 4 rings (SSSR count). The van der Waals surface area contributed by atoms with Crippen molar-refractivity contribution in [2.45, 2.75) is 37.4 Å². The van der Waals surface area contributed by atoms with Gasteiger partial charge in [-0.05, 0) is 59.5 Å². The Morgan fingerprint density at radius 3 is 2.28 bits per heavy atom. The molecule has 0 unspecified atom stereocenters. The molecular weight excluding hydrogens is 552 g/mol. The minimum absolute atomic E-state index is 0.00343. The van der Waals surface area contributed by atoms with Crippen LogP contribution in [-0.2, 0) is 22.6 Å². The van der Waals surface area contributed by atoms with E-state index in [0.29, 0.717) is 10.4 Å². The van der Waals surface area contributed by atoms with Gasteiger partial charge in [0, 0.05) is 16.7 Å². The minimum atomic E-state index is -4.98. The van der Waals surface area contributed by atoms with Crippen molar-refractivity contribution in [3.63, 3.8) is 0 Å². The maximum atomic E-state index is 14.4. The van der Waals surface area contributed by atoms with Crippen molar-refractivity contribution >= 4 is 21.2 Å². The van der Waals surface area contributed by atoms with E-state index in [1.807, 2.05) is 13.8 Å². The normalized spacial score (nSPS) is 12.1. The van der Waals surface area contributed by atoms with Crippen molar-refractivity contribution < 1.29 is 26.0 Å². The summed E-state index contributed by atoms with van der Waals surface area (Å²) in [5, 5.41) is 9.40. The van der Waals surface area contributed by atoms with Crippen LogP contribution >= 0.6 is 11.3 Å². The molecule has 0 fully saturated rings. The number of halogens is 4. The highest BCUT2D eigenvalue weighted by Crippen LogP contribution is 2.39. The minimum Gasteiger partial charge on any atom is -0.302 e. The van der Waals surface area contributed by atoms with E-state index in [2.05, 4.69) is 0 Å². The van der Waals surface area contributed by atoms with E-state index in [1.165, 1.54) is 42.5 Å². The first kappa shape index (κ1) is 28.3. The van der Waals surface area contributed by atoms with Crippen molar-refractivity contribution in [2.75, 3.05) is 6.26 Å². The standard InChI is InChI=1S/C28H22F4N2O3S2/c1-16(2)18-10-19(12-20(11-18)39(3,36)37)25-8-9-26(38-25)24-13-22(28(30,31)32)21(14-33)27(35)34(24)15-17-6-4-5-7-23(17)29/h4-13,16H,15H2,1-3H3. The van der Waals surface area contributed by atoms with Crippen LogP contribution in [0.15, 0.2) is 70.4 Å². The molecule has 2 aromatic heterocycles. The summed E-state index contributed by atoms with van der Waals surface area (Å²) in [6.45, 7) is 3.41. The molecule has 0 aliphatic heterocycles. The Morgan fingerprint density at radius 2 is 1.69 bits per heavy atom. The topological polar surface area (TPSA) is 79.9 Å². The molecule has 2 aromatic carbocycles. The van der Waals surface area contributed by atoms with E-state index < -0.39 is 45.1 Å². The summed E-state index contributed by atoms with van der Waals surface area (Å²) in [5.74, 6) is -0.650. The van der Waals surface area contributed by atoms with Gasteiger partial charge in [-0.2, -0.15) is 18.4 Å². The molecule has 0 radical (unpaired) electrons. The lowest BCUT2D eigenvalue weighted by atomic mass is 10.0. The Balaban J connectivity index is 1.96. The van der Waals surface area contributed by atoms with E-state index in [1.54, 1.807) is 18.2 Å². The molecule has 0 aliphatic carbocycles. The molecule has 39 heavy (non-hydrogen) atoms. The Hall–Kier alpha value is -3.75. The second-order valence-corrected chi connectivity index (χ2v) is 12.4. The lowest BCUT2D eigenvalue weighted by Crippen LogP contribution is -2.28. The van der Waals surface area contributed by atoms with Gasteiger partial charge in [0.2, 0.25) is 0 Å². The number of sulfone groups is 1. The number of hydrogen-bond acceptors (Lipinski definition) is 5. The van der Waals surface area contributed by atoms with Gasteiger partial charge in [-0.1, -0.05) is 32.0 Å². The van der Waals surface area contributed by atoms with Crippen LogP contribution in [0.25, 0.3) is 21.0 Å². The van der Waals surface area contributed by atoms with Crippen molar-refractivity contribution in [3.05, 3.63) is 99.1 Å². The van der Waals surface area contributed by atoms with Crippen LogP contribution in [0.2, 0.25) is 0 Å². The molecule has 11 heteroatoms. The second kappa shape index (κ2) is 10.4. The number of thiophene rings is 1. The average Bonchev–Trinajstić information content (AvgIpc) is 3.35. The molecule has 0 saturated heterocycles. The monoisotopic (exact) mass is 574 g/mol. The number of alkyl halides is 3. The van der Waals surface area contributed by atoms with E-state index in [0.717, 1.165) is 33.8 Å². The van der Waals surface area contributed by atoms with Crippen LogP contribution in [0.5, 0.6) is 0 Å². The quantitative estimate of drug-likeness (QED) is 0.236. The second-order valence-electron chi connectivity index (χ2n) is 9.29. The molecule has 0 amide bonds. The molecule has 0 atom stereocenters. The van der Waals surface area contributed by atoms with Gasteiger partial charge >= 0.3 is 6.18 Å². The molecule has 0 N–H and O–H groups in total. The molecule has 0 spiro atoms. The predicted octanol–water partition coefficient (Wildman–Crippen LogP) is 6.85. The Bertz CT molecular complexity index is 1780. The number of pyridine rings is 1. The lowest BCUT2D eigenvalue weighted by Gasteiger charge is -2.17. The van der Waals surface area contributed by atoms with Crippen molar-refractivity contribution in [1.82, 2.24) is 4.57 Å². The van der Waals surface area contributed by atoms with Gasteiger partial charge in [0.15, 0.2) is 9.84 Å². The van der Waals surface area contributed by atoms with Gasteiger partial charge in [-0.15, -0.1) is 11.3 Å².